The van der Waals surface area contributed by atoms with Crippen LogP contribution in [0, 0.1) is 0 Å². The van der Waals surface area contributed by atoms with E-state index in [1.165, 1.54) is 0 Å². The van der Waals surface area contributed by atoms with Crippen molar-refractivity contribution in [3.05, 3.63) is 29.3 Å². The highest BCUT2D eigenvalue weighted by Gasteiger charge is 2.20. The van der Waals surface area contributed by atoms with Gasteiger partial charge in [-0.25, -0.2) is 0 Å². The van der Waals surface area contributed by atoms with Crippen LogP contribution in [0.2, 0.25) is 0 Å². The van der Waals surface area contributed by atoms with Crippen molar-refractivity contribution >= 4 is 0 Å². The minimum absolute atomic E-state index is 0.489. The van der Waals surface area contributed by atoms with Gasteiger partial charge in [-0.2, -0.15) is 0 Å². The van der Waals surface area contributed by atoms with Gasteiger partial charge in [0.15, 0.2) is 0 Å². The highest BCUT2D eigenvalue weighted by Crippen LogP contribution is 2.28. The van der Waals surface area contributed by atoms with Crippen LogP contribution in [0.3, 0.4) is 0 Å². The Bertz CT molecular complexity index is 326. The van der Waals surface area contributed by atoms with Crippen molar-refractivity contribution in [3.63, 3.8) is 0 Å². The minimum Gasteiger partial charge on any atom is -0.497 e. The van der Waals surface area contributed by atoms with Gasteiger partial charge in [-0.3, -0.25) is 0 Å². The Morgan fingerprint density at radius 2 is 1.93 bits per heavy atom. The lowest BCUT2D eigenvalue weighted by Crippen LogP contribution is -2.18. The van der Waals surface area contributed by atoms with Gasteiger partial charge in [0.2, 0.25) is 0 Å². The van der Waals surface area contributed by atoms with Crippen LogP contribution in [-0.4, -0.2) is 19.3 Å². The van der Waals surface area contributed by atoms with E-state index in [0.717, 1.165) is 16.9 Å². The summed E-state index contributed by atoms with van der Waals surface area (Å²) in [6.07, 6.45) is 0. The number of ether oxygens (including phenoxy) is 2. The first-order chi connectivity index (χ1) is 6.99. The van der Waals surface area contributed by atoms with E-state index >= 15 is 0 Å². The average Bonchev–Trinajstić information content (AvgIpc) is 2.17. The van der Waals surface area contributed by atoms with Crippen molar-refractivity contribution in [2.75, 3.05) is 14.2 Å². The largest absolute Gasteiger partial charge is 0.497 e. The number of hydrogen-bond acceptors (Lipinski definition) is 3. The van der Waals surface area contributed by atoms with Crippen molar-refractivity contribution in [3.8, 4) is 5.75 Å². The molecular weight excluding hydrogens is 192 g/mol. The van der Waals surface area contributed by atoms with Gasteiger partial charge in [-0.1, -0.05) is 6.07 Å². The first-order valence-electron chi connectivity index (χ1n) is 4.87. The lowest BCUT2D eigenvalue weighted by atomic mass is 9.93. The van der Waals surface area contributed by atoms with E-state index in [4.69, 9.17) is 9.47 Å². The molecule has 0 unspecified atom stereocenters. The average molecular weight is 210 g/mol. The van der Waals surface area contributed by atoms with E-state index in [-0.39, 0.29) is 0 Å². The molecule has 0 bridgehead atoms. The van der Waals surface area contributed by atoms with Crippen molar-refractivity contribution < 1.29 is 14.6 Å². The predicted octanol–water partition coefficient (Wildman–Crippen LogP) is 2.07. The standard InChI is InChI=1S/C12H18O3/c1-12(2,13)11-7-10(15-4)6-5-9(11)8-14-3/h5-7,13H,8H2,1-4H3. The molecule has 0 amide bonds. The van der Waals surface area contributed by atoms with Gasteiger partial charge < -0.3 is 14.6 Å². The Morgan fingerprint density at radius 1 is 1.27 bits per heavy atom. The molecule has 0 aliphatic rings. The molecule has 0 aliphatic heterocycles. The summed E-state index contributed by atoms with van der Waals surface area (Å²) in [4.78, 5) is 0. The Kier molecular flexibility index (Phi) is 3.72. The summed E-state index contributed by atoms with van der Waals surface area (Å²) in [7, 11) is 3.25. The van der Waals surface area contributed by atoms with E-state index in [9.17, 15) is 5.11 Å². The third-order valence-corrected chi connectivity index (χ3v) is 2.28. The van der Waals surface area contributed by atoms with Crippen molar-refractivity contribution in [1.82, 2.24) is 0 Å². The predicted molar refractivity (Wildman–Crippen MR) is 59.0 cm³/mol. The van der Waals surface area contributed by atoms with Crippen LogP contribution < -0.4 is 4.74 Å². The van der Waals surface area contributed by atoms with Gasteiger partial charge in [-0.15, -0.1) is 0 Å². The molecule has 1 N–H and O–H groups in total. The lowest BCUT2D eigenvalue weighted by molar-refractivity contribution is 0.0744. The van der Waals surface area contributed by atoms with E-state index in [1.54, 1.807) is 28.1 Å². The maximum atomic E-state index is 10.0. The van der Waals surface area contributed by atoms with Crippen molar-refractivity contribution in [2.24, 2.45) is 0 Å². The Balaban J connectivity index is 3.16. The summed E-state index contributed by atoms with van der Waals surface area (Å²) in [5, 5.41) is 10.0. The maximum absolute atomic E-state index is 10.0. The van der Waals surface area contributed by atoms with Crippen molar-refractivity contribution in [2.45, 2.75) is 26.1 Å². The molecule has 0 spiro atoms. The number of benzene rings is 1. The number of aliphatic hydroxyl groups is 1. The van der Waals surface area contributed by atoms with E-state index in [2.05, 4.69) is 0 Å². The highest BCUT2D eigenvalue weighted by molar-refractivity contribution is 5.38. The molecule has 0 aromatic heterocycles. The number of rotatable bonds is 4. The molecule has 84 valence electrons. The van der Waals surface area contributed by atoms with Gasteiger partial charge in [0.25, 0.3) is 0 Å². The Morgan fingerprint density at radius 3 is 2.40 bits per heavy atom. The molecule has 0 heterocycles. The van der Waals surface area contributed by atoms with E-state index in [1.807, 2.05) is 18.2 Å². The molecule has 0 saturated heterocycles. The SMILES string of the molecule is COCc1ccc(OC)cc1C(C)(C)O. The fraction of sp³-hybridized carbons (Fsp3) is 0.500. The molecule has 0 radical (unpaired) electrons. The third kappa shape index (κ3) is 2.94. The van der Waals surface area contributed by atoms with Gasteiger partial charge in [0, 0.05) is 7.11 Å². The fourth-order valence-electron chi connectivity index (χ4n) is 1.53. The second-order valence-electron chi connectivity index (χ2n) is 4.02. The highest BCUT2D eigenvalue weighted by atomic mass is 16.5. The lowest BCUT2D eigenvalue weighted by Gasteiger charge is -2.22. The monoisotopic (exact) mass is 210 g/mol. The molecule has 1 aromatic rings. The van der Waals surface area contributed by atoms with Gasteiger partial charge >= 0.3 is 0 Å². The molecular formula is C12H18O3. The van der Waals surface area contributed by atoms with Crippen LogP contribution >= 0.6 is 0 Å². The van der Waals surface area contributed by atoms with Crippen LogP contribution in [0.15, 0.2) is 18.2 Å². The summed E-state index contributed by atoms with van der Waals surface area (Å²) < 4.78 is 10.2. The Labute approximate surface area is 90.6 Å². The van der Waals surface area contributed by atoms with Crippen LogP contribution in [0.5, 0.6) is 5.75 Å². The quantitative estimate of drug-likeness (QED) is 0.826. The summed E-state index contributed by atoms with van der Waals surface area (Å²) >= 11 is 0. The topological polar surface area (TPSA) is 38.7 Å². The molecule has 1 aromatic carbocycles. The normalized spacial score (nSPS) is 11.5. The van der Waals surface area contributed by atoms with Crippen LogP contribution in [0.1, 0.15) is 25.0 Å². The second-order valence-corrected chi connectivity index (χ2v) is 4.02. The van der Waals surface area contributed by atoms with Crippen molar-refractivity contribution in [1.29, 1.82) is 0 Å². The molecule has 1 rings (SSSR count). The minimum atomic E-state index is -0.887. The first-order valence-corrected chi connectivity index (χ1v) is 4.87. The zero-order valence-electron chi connectivity index (χ0n) is 9.70. The fourth-order valence-corrected chi connectivity index (χ4v) is 1.53. The van der Waals surface area contributed by atoms with Crippen LogP contribution in [0.4, 0.5) is 0 Å². The Hall–Kier alpha value is -1.06. The zero-order valence-corrected chi connectivity index (χ0v) is 9.70. The number of hydrogen-bond donors (Lipinski definition) is 1. The van der Waals surface area contributed by atoms with Crippen LogP contribution in [0.25, 0.3) is 0 Å². The van der Waals surface area contributed by atoms with E-state index < -0.39 is 5.60 Å². The summed E-state index contributed by atoms with van der Waals surface area (Å²) in [5.41, 5.74) is 0.928. The van der Waals surface area contributed by atoms with Gasteiger partial charge in [0.1, 0.15) is 5.75 Å². The molecule has 0 atom stereocenters. The smallest absolute Gasteiger partial charge is 0.119 e. The summed E-state index contributed by atoms with van der Waals surface area (Å²) in [6, 6.07) is 5.62. The molecule has 0 saturated carbocycles. The molecule has 0 aliphatic carbocycles. The molecule has 3 nitrogen and oxygen atoms in total. The number of methoxy groups -OCH3 is 2. The molecule has 15 heavy (non-hydrogen) atoms. The maximum Gasteiger partial charge on any atom is 0.119 e. The summed E-state index contributed by atoms with van der Waals surface area (Å²) in [5.74, 6) is 0.743. The van der Waals surface area contributed by atoms with Gasteiger partial charge in [-0.05, 0) is 37.1 Å². The molecule has 3 heteroatoms. The molecule has 0 fully saturated rings. The van der Waals surface area contributed by atoms with Crippen LogP contribution in [-0.2, 0) is 16.9 Å². The third-order valence-electron chi connectivity index (χ3n) is 2.28. The van der Waals surface area contributed by atoms with E-state index in [0.29, 0.717) is 6.61 Å². The second kappa shape index (κ2) is 4.64. The van der Waals surface area contributed by atoms with Gasteiger partial charge in [0.05, 0.1) is 19.3 Å². The first kappa shape index (κ1) is 12.0. The summed E-state index contributed by atoms with van der Waals surface area (Å²) in [6.45, 7) is 3.99. The zero-order chi connectivity index (χ0) is 11.5.